The number of anilines is 1. The van der Waals surface area contributed by atoms with Crippen molar-refractivity contribution >= 4 is 34.8 Å². The van der Waals surface area contributed by atoms with Crippen LogP contribution in [-0.4, -0.2) is 5.91 Å². The van der Waals surface area contributed by atoms with Crippen LogP contribution in [0, 0.1) is 5.82 Å². The first kappa shape index (κ1) is 15.6. The Morgan fingerprint density at radius 1 is 1.29 bits per heavy atom. The smallest absolute Gasteiger partial charge is 0.251 e. The third-order valence-electron chi connectivity index (χ3n) is 3.01. The Balaban J connectivity index is 2.18. The normalized spacial score (nSPS) is 12.0. The van der Waals surface area contributed by atoms with Crippen LogP contribution >= 0.6 is 23.2 Å². The molecule has 0 fully saturated rings. The lowest BCUT2D eigenvalue weighted by atomic mass is 10.1. The predicted octanol–water partition coefficient (Wildman–Crippen LogP) is 4.21. The van der Waals surface area contributed by atoms with E-state index in [4.69, 9.17) is 28.9 Å². The standard InChI is InChI=1S/C15H13Cl2FN2O/c1-8(9-3-2-4-11(18)5-9)20-15(21)10-6-12(16)14(17)13(19)7-10/h2-8H,19H2,1H3,(H,20,21). The largest absolute Gasteiger partial charge is 0.397 e. The molecular formula is C15H13Cl2FN2O. The molecule has 0 saturated carbocycles. The number of nitrogens with one attached hydrogen (secondary N) is 1. The van der Waals surface area contributed by atoms with Crippen LogP contribution in [0.3, 0.4) is 0 Å². The minimum absolute atomic E-state index is 0.209. The fourth-order valence-electron chi connectivity index (χ4n) is 1.88. The summed E-state index contributed by atoms with van der Waals surface area (Å²) in [7, 11) is 0. The number of benzene rings is 2. The van der Waals surface area contributed by atoms with E-state index in [0.717, 1.165) is 0 Å². The summed E-state index contributed by atoms with van der Waals surface area (Å²) in [6.07, 6.45) is 0. The van der Waals surface area contributed by atoms with Crippen LogP contribution in [0.25, 0.3) is 0 Å². The van der Waals surface area contributed by atoms with E-state index in [0.29, 0.717) is 11.1 Å². The van der Waals surface area contributed by atoms with E-state index in [-0.39, 0.29) is 33.5 Å². The van der Waals surface area contributed by atoms with Gasteiger partial charge in [0.25, 0.3) is 5.91 Å². The topological polar surface area (TPSA) is 55.1 Å². The Kier molecular flexibility index (Phi) is 4.70. The second-order valence-electron chi connectivity index (χ2n) is 4.61. The molecule has 0 aliphatic rings. The Morgan fingerprint density at radius 3 is 2.62 bits per heavy atom. The lowest BCUT2D eigenvalue weighted by Crippen LogP contribution is -2.26. The van der Waals surface area contributed by atoms with Crippen molar-refractivity contribution in [3.8, 4) is 0 Å². The number of hydrogen-bond donors (Lipinski definition) is 2. The van der Waals surface area contributed by atoms with Gasteiger partial charge in [0.05, 0.1) is 21.8 Å². The van der Waals surface area contributed by atoms with Crippen LogP contribution < -0.4 is 11.1 Å². The minimum Gasteiger partial charge on any atom is -0.397 e. The third-order valence-corrected chi connectivity index (χ3v) is 3.83. The Hall–Kier alpha value is -1.78. The lowest BCUT2D eigenvalue weighted by Gasteiger charge is -2.15. The molecule has 0 bridgehead atoms. The maximum Gasteiger partial charge on any atom is 0.251 e. The molecule has 110 valence electrons. The molecule has 2 rings (SSSR count). The molecule has 0 radical (unpaired) electrons. The van der Waals surface area contributed by atoms with Gasteiger partial charge < -0.3 is 11.1 Å². The third kappa shape index (κ3) is 3.65. The quantitative estimate of drug-likeness (QED) is 0.830. The van der Waals surface area contributed by atoms with Crippen LogP contribution in [0.2, 0.25) is 10.0 Å². The predicted molar refractivity (Wildman–Crippen MR) is 83.2 cm³/mol. The first-order chi connectivity index (χ1) is 9.88. The number of halogens is 3. The summed E-state index contributed by atoms with van der Waals surface area (Å²) in [5, 5.41) is 3.17. The van der Waals surface area contributed by atoms with Gasteiger partial charge in [-0.15, -0.1) is 0 Å². The molecule has 1 unspecified atom stereocenters. The second-order valence-corrected chi connectivity index (χ2v) is 5.40. The number of amides is 1. The molecule has 0 spiro atoms. The summed E-state index contributed by atoms with van der Waals surface area (Å²) in [6, 6.07) is 8.56. The van der Waals surface area contributed by atoms with Crippen molar-refractivity contribution in [3.05, 3.63) is 63.4 Å². The van der Waals surface area contributed by atoms with E-state index in [2.05, 4.69) is 5.32 Å². The molecule has 3 nitrogen and oxygen atoms in total. The van der Waals surface area contributed by atoms with Gasteiger partial charge in [-0.1, -0.05) is 35.3 Å². The van der Waals surface area contributed by atoms with E-state index in [1.807, 2.05) is 0 Å². The molecule has 2 aromatic carbocycles. The summed E-state index contributed by atoms with van der Waals surface area (Å²) in [5.41, 5.74) is 6.86. The van der Waals surface area contributed by atoms with Crippen LogP contribution in [0.1, 0.15) is 28.9 Å². The molecular weight excluding hydrogens is 314 g/mol. The molecule has 2 aromatic rings. The Bertz CT molecular complexity index is 668. The number of carbonyl (C=O) groups is 1. The highest BCUT2D eigenvalue weighted by Crippen LogP contribution is 2.29. The highest BCUT2D eigenvalue weighted by Gasteiger charge is 2.14. The minimum atomic E-state index is -0.364. The summed E-state index contributed by atoms with van der Waals surface area (Å²) in [6.45, 7) is 1.76. The summed E-state index contributed by atoms with van der Waals surface area (Å²) < 4.78 is 13.2. The van der Waals surface area contributed by atoms with Crippen molar-refractivity contribution in [1.82, 2.24) is 5.32 Å². The molecule has 0 saturated heterocycles. The highest BCUT2D eigenvalue weighted by molar-refractivity contribution is 6.43. The zero-order valence-electron chi connectivity index (χ0n) is 11.2. The Labute approximate surface area is 131 Å². The zero-order valence-corrected chi connectivity index (χ0v) is 12.7. The molecule has 1 amide bonds. The monoisotopic (exact) mass is 326 g/mol. The number of carbonyl (C=O) groups excluding carboxylic acids is 1. The molecule has 0 aliphatic heterocycles. The van der Waals surface area contributed by atoms with Gasteiger partial charge in [-0.25, -0.2) is 4.39 Å². The zero-order chi connectivity index (χ0) is 15.6. The van der Waals surface area contributed by atoms with Crippen molar-refractivity contribution in [2.75, 3.05) is 5.73 Å². The SMILES string of the molecule is CC(NC(=O)c1cc(N)c(Cl)c(Cl)c1)c1cccc(F)c1. The van der Waals surface area contributed by atoms with E-state index in [1.54, 1.807) is 19.1 Å². The molecule has 0 aliphatic carbocycles. The first-order valence-corrected chi connectivity index (χ1v) is 6.95. The molecule has 0 heterocycles. The first-order valence-electron chi connectivity index (χ1n) is 6.19. The number of nitrogen functional groups attached to an aromatic ring is 1. The lowest BCUT2D eigenvalue weighted by molar-refractivity contribution is 0.0940. The average molecular weight is 327 g/mol. The van der Waals surface area contributed by atoms with Gasteiger partial charge in [0.1, 0.15) is 5.82 Å². The van der Waals surface area contributed by atoms with Crippen LogP contribution in [0.4, 0.5) is 10.1 Å². The van der Waals surface area contributed by atoms with Crippen molar-refractivity contribution in [2.24, 2.45) is 0 Å². The summed E-state index contributed by atoms with van der Waals surface area (Å²) >= 11 is 11.7. The Morgan fingerprint density at radius 2 is 2.00 bits per heavy atom. The van der Waals surface area contributed by atoms with Gasteiger partial charge in [-0.3, -0.25) is 4.79 Å². The average Bonchev–Trinajstić information content (AvgIpc) is 2.44. The molecule has 6 heteroatoms. The molecule has 21 heavy (non-hydrogen) atoms. The van der Waals surface area contributed by atoms with Crippen LogP contribution in [0.5, 0.6) is 0 Å². The van der Waals surface area contributed by atoms with Crippen molar-refractivity contribution in [3.63, 3.8) is 0 Å². The fraction of sp³-hybridized carbons (Fsp3) is 0.133. The van der Waals surface area contributed by atoms with Crippen molar-refractivity contribution in [1.29, 1.82) is 0 Å². The van der Waals surface area contributed by atoms with Gasteiger partial charge in [-0.2, -0.15) is 0 Å². The van der Waals surface area contributed by atoms with Gasteiger partial charge in [0.15, 0.2) is 0 Å². The van der Waals surface area contributed by atoms with E-state index in [9.17, 15) is 9.18 Å². The number of rotatable bonds is 3. The van der Waals surface area contributed by atoms with Gasteiger partial charge >= 0.3 is 0 Å². The molecule has 3 N–H and O–H groups in total. The van der Waals surface area contributed by atoms with Crippen molar-refractivity contribution in [2.45, 2.75) is 13.0 Å². The molecule has 1 atom stereocenters. The maximum atomic E-state index is 13.2. The van der Waals surface area contributed by atoms with Crippen LogP contribution in [-0.2, 0) is 0 Å². The second kappa shape index (κ2) is 6.33. The van der Waals surface area contributed by atoms with Crippen molar-refractivity contribution < 1.29 is 9.18 Å². The van der Waals surface area contributed by atoms with Crippen LogP contribution in [0.15, 0.2) is 36.4 Å². The van der Waals surface area contributed by atoms with E-state index in [1.165, 1.54) is 24.3 Å². The molecule has 0 aromatic heterocycles. The van der Waals surface area contributed by atoms with E-state index >= 15 is 0 Å². The maximum absolute atomic E-state index is 13.2. The summed E-state index contributed by atoms with van der Waals surface area (Å²) in [4.78, 5) is 12.2. The number of hydrogen-bond acceptors (Lipinski definition) is 2. The number of nitrogens with two attached hydrogens (primary N) is 1. The van der Waals surface area contributed by atoms with E-state index < -0.39 is 0 Å². The van der Waals surface area contributed by atoms with Gasteiger partial charge in [0, 0.05) is 5.56 Å². The van der Waals surface area contributed by atoms with Gasteiger partial charge in [0.2, 0.25) is 0 Å². The fourth-order valence-corrected chi connectivity index (χ4v) is 2.22. The highest BCUT2D eigenvalue weighted by atomic mass is 35.5. The van der Waals surface area contributed by atoms with Gasteiger partial charge in [-0.05, 0) is 36.8 Å². The summed E-state index contributed by atoms with van der Waals surface area (Å²) in [5.74, 6) is -0.718.